The van der Waals surface area contributed by atoms with Crippen molar-refractivity contribution in [3.05, 3.63) is 180 Å². The SMILES string of the molecule is c1ccc(C2=NC(c3cc(-c4ccc5ccccc5c4)cc4oc5ccccc5c34)=NC(c3cc4ccccc4c4ccccc34)N2)cc1. The van der Waals surface area contributed by atoms with Crippen LogP contribution in [0.2, 0.25) is 0 Å². The van der Waals surface area contributed by atoms with Gasteiger partial charge in [0.15, 0.2) is 5.84 Å². The summed E-state index contributed by atoms with van der Waals surface area (Å²) >= 11 is 0. The Morgan fingerprint density at radius 2 is 1.16 bits per heavy atom. The Balaban J connectivity index is 1.25. The Morgan fingerprint density at radius 3 is 2.02 bits per heavy atom. The molecular formula is C45H29N3O. The third-order valence-corrected chi connectivity index (χ3v) is 9.69. The van der Waals surface area contributed by atoms with Gasteiger partial charge in [0.05, 0.1) is 0 Å². The maximum Gasteiger partial charge on any atom is 0.160 e. The fourth-order valence-electron chi connectivity index (χ4n) is 7.35. The predicted octanol–water partition coefficient (Wildman–Crippen LogP) is 11.2. The quantitative estimate of drug-likeness (QED) is 0.197. The Morgan fingerprint density at radius 1 is 0.469 bits per heavy atom. The highest BCUT2D eigenvalue weighted by atomic mass is 16.3. The number of para-hydroxylation sites is 1. The van der Waals surface area contributed by atoms with E-state index in [0.29, 0.717) is 5.84 Å². The number of aliphatic imine (C=N–C) groups is 2. The molecule has 1 atom stereocenters. The lowest BCUT2D eigenvalue weighted by atomic mass is 9.94. The highest BCUT2D eigenvalue weighted by Gasteiger charge is 2.26. The smallest absolute Gasteiger partial charge is 0.160 e. The molecular weight excluding hydrogens is 599 g/mol. The number of amidine groups is 2. The maximum atomic E-state index is 6.54. The lowest BCUT2D eigenvalue weighted by molar-refractivity contribution is 0.668. The van der Waals surface area contributed by atoms with E-state index in [9.17, 15) is 0 Å². The van der Waals surface area contributed by atoms with E-state index in [4.69, 9.17) is 14.4 Å². The van der Waals surface area contributed by atoms with Crippen LogP contribution in [0, 0.1) is 0 Å². The van der Waals surface area contributed by atoms with Crippen molar-refractivity contribution in [2.24, 2.45) is 9.98 Å². The van der Waals surface area contributed by atoms with Gasteiger partial charge < -0.3 is 9.73 Å². The first-order valence-electron chi connectivity index (χ1n) is 16.6. The van der Waals surface area contributed by atoms with Crippen LogP contribution in [-0.2, 0) is 0 Å². The van der Waals surface area contributed by atoms with Crippen molar-refractivity contribution in [2.75, 3.05) is 0 Å². The second kappa shape index (κ2) is 11.0. The third-order valence-electron chi connectivity index (χ3n) is 9.69. The molecule has 8 aromatic carbocycles. The second-order valence-electron chi connectivity index (χ2n) is 12.6. The van der Waals surface area contributed by atoms with Gasteiger partial charge in [-0.25, -0.2) is 9.98 Å². The molecule has 0 saturated heterocycles. The van der Waals surface area contributed by atoms with Crippen molar-refractivity contribution < 1.29 is 4.42 Å². The van der Waals surface area contributed by atoms with Crippen molar-refractivity contribution in [1.82, 2.24) is 5.32 Å². The number of hydrogen-bond donors (Lipinski definition) is 1. The van der Waals surface area contributed by atoms with Crippen molar-refractivity contribution >= 4 is 65.9 Å². The lowest BCUT2D eigenvalue weighted by Crippen LogP contribution is -2.33. The topological polar surface area (TPSA) is 49.9 Å². The molecule has 9 aromatic rings. The number of rotatable bonds is 4. The van der Waals surface area contributed by atoms with Gasteiger partial charge in [0.2, 0.25) is 0 Å². The first-order valence-corrected chi connectivity index (χ1v) is 16.6. The summed E-state index contributed by atoms with van der Waals surface area (Å²) in [5.74, 6) is 1.45. The van der Waals surface area contributed by atoms with E-state index in [1.807, 2.05) is 30.3 Å². The average Bonchev–Trinajstić information content (AvgIpc) is 3.56. The molecule has 0 bridgehead atoms. The molecule has 1 aliphatic heterocycles. The minimum Gasteiger partial charge on any atom is -0.456 e. The van der Waals surface area contributed by atoms with Crippen LogP contribution in [-0.4, -0.2) is 11.7 Å². The van der Waals surface area contributed by atoms with Crippen molar-refractivity contribution in [1.29, 1.82) is 0 Å². The molecule has 49 heavy (non-hydrogen) atoms. The van der Waals surface area contributed by atoms with E-state index >= 15 is 0 Å². The fourth-order valence-corrected chi connectivity index (χ4v) is 7.35. The van der Waals surface area contributed by atoms with Gasteiger partial charge >= 0.3 is 0 Å². The molecule has 230 valence electrons. The Labute approximate surface area is 282 Å². The van der Waals surface area contributed by atoms with E-state index in [-0.39, 0.29) is 6.17 Å². The zero-order valence-corrected chi connectivity index (χ0v) is 26.5. The molecule has 1 aromatic heterocycles. The van der Waals surface area contributed by atoms with Gasteiger partial charge in [-0.05, 0) is 73.8 Å². The molecule has 1 unspecified atom stereocenters. The molecule has 0 spiro atoms. The molecule has 4 nitrogen and oxygen atoms in total. The molecule has 4 heteroatoms. The van der Waals surface area contributed by atoms with Crippen molar-refractivity contribution in [2.45, 2.75) is 6.17 Å². The largest absolute Gasteiger partial charge is 0.456 e. The summed E-state index contributed by atoms with van der Waals surface area (Å²) in [6, 6.07) is 57.5. The highest BCUT2D eigenvalue weighted by Crippen LogP contribution is 2.39. The van der Waals surface area contributed by atoms with Gasteiger partial charge in [-0.15, -0.1) is 0 Å². The molecule has 0 saturated carbocycles. The molecule has 2 heterocycles. The van der Waals surface area contributed by atoms with Gasteiger partial charge in [0, 0.05) is 27.5 Å². The summed E-state index contributed by atoms with van der Waals surface area (Å²) in [5.41, 5.74) is 6.87. The second-order valence-corrected chi connectivity index (χ2v) is 12.6. The fraction of sp³-hybridized carbons (Fsp3) is 0.0222. The Kier molecular flexibility index (Phi) is 6.21. The van der Waals surface area contributed by atoms with Crippen LogP contribution in [0.4, 0.5) is 0 Å². The minimum atomic E-state index is -0.380. The van der Waals surface area contributed by atoms with Crippen LogP contribution < -0.4 is 5.32 Å². The minimum absolute atomic E-state index is 0.380. The summed E-state index contributed by atoms with van der Waals surface area (Å²) in [4.78, 5) is 10.7. The van der Waals surface area contributed by atoms with E-state index < -0.39 is 0 Å². The Bertz CT molecular complexity index is 2810. The van der Waals surface area contributed by atoms with Crippen LogP contribution in [0.3, 0.4) is 0 Å². The average molecular weight is 628 g/mol. The molecule has 10 rings (SSSR count). The van der Waals surface area contributed by atoms with E-state index in [0.717, 1.165) is 55.6 Å². The van der Waals surface area contributed by atoms with Crippen molar-refractivity contribution in [3.63, 3.8) is 0 Å². The van der Waals surface area contributed by atoms with E-state index in [1.54, 1.807) is 0 Å². The molecule has 1 aliphatic rings. The van der Waals surface area contributed by atoms with Gasteiger partial charge in [0.1, 0.15) is 23.2 Å². The van der Waals surface area contributed by atoms with E-state index in [1.165, 1.54) is 32.3 Å². The number of nitrogens with zero attached hydrogens (tertiary/aromatic N) is 2. The predicted molar refractivity (Wildman–Crippen MR) is 204 cm³/mol. The number of hydrogen-bond acceptors (Lipinski definition) is 4. The molecule has 0 aliphatic carbocycles. The van der Waals surface area contributed by atoms with Gasteiger partial charge in [-0.2, -0.15) is 0 Å². The number of nitrogens with one attached hydrogen (secondary N) is 1. The first-order chi connectivity index (χ1) is 24.3. The van der Waals surface area contributed by atoms with Crippen LogP contribution in [0.15, 0.2) is 178 Å². The van der Waals surface area contributed by atoms with Gasteiger partial charge in [0.25, 0.3) is 0 Å². The van der Waals surface area contributed by atoms with Crippen LogP contribution >= 0.6 is 0 Å². The third kappa shape index (κ3) is 4.61. The van der Waals surface area contributed by atoms with Crippen LogP contribution in [0.5, 0.6) is 0 Å². The monoisotopic (exact) mass is 627 g/mol. The zero-order valence-electron chi connectivity index (χ0n) is 26.5. The molecule has 0 amide bonds. The molecule has 0 fully saturated rings. The van der Waals surface area contributed by atoms with Crippen molar-refractivity contribution in [3.8, 4) is 11.1 Å². The summed E-state index contributed by atoms with van der Waals surface area (Å²) in [5, 5.41) is 13.0. The zero-order chi connectivity index (χ0) is 32.3. The van der Waals surface area contributed by atoms with E-state index in [2.05, 4.69) is 139 Å². The lowest BCUT2D eigenvalue weighted by Gasteiger charge is -2.25. The first kappa shape index (κ1) is 27.6. The summed E-state index contributed by atoms with van der Waals surface area (Å²) in [6.07, 6.45) is -0.380. The highest BCUT2D eigenvalue weighted by molar-refractivity contribution is 6.23. The molecule has 0 radical (unpaired) electrons. The number of benzene rings is 8. The maximum absolute atomic E-state index is 6.54. The normalized spacial score (nSPS) is 14.7. The van der Waals surface area contributed by atoms with Gasteiger partial charge in [-0.1, -0.05) is 133 Å². The van der Waals surface area contributed by atoms with Gasteiger partial charge in [-0.3, -0.25) is 0 Å². The summed E-state index contributed by atoms with van der Waals surface area (Å²) in [7, 11) is 0. The Hall–Kier alpha value is -6.52. The summed E-state index contributed by atoms with van der Waals surface area (Å²) in [6.45, 7) is 0. The standard InChI is InChI=1S/C45H29N3O/c1-2-13-29(14-3-1)43-46-44(38-25-32-16-6-7-17-34(32)35-18-8-9-19-36(35)38)48-45(47-43)39-26-33(31-23-22-28-12-4-5-15-30(28)24-31)27-41-42(39)37-20-10-11-21-40(37)49-41/h1-27,44H,(H,46,47,48). The number of fused-ring (bicyclic) bond motifs is 7. The van der Waals surface area contributed by atoms with Crippen LogP contribution in [0.25, 0.3) is 65.4 Å². The van der Waals surface area contributed by atoms with Crippen LogP contribution in [0.1, 0.15) is 22.9 Å². The number of furan rings is 1. The molecule has 1 N–H and O–H groups in total. The summed E-state index contributed by atoms with van der Waals surface area (Å²) < 4.78 is 6.54.